The summed E-state index contributed by atoms with van der Waals surface area (Å²) in [5.74, 6) is 0.559. The molecular formula is C18H21N5O2. The van der Waals surface area contributed by atoms with E-state index in [2.05, 4.69) is 20.5 Å². The van der Waals surface area contributed by atoms with E-state index >= 15 is 0 Å². The molecule has 0 unspecified atom stereocenters. The summed E-state index contributed by atoms with van der Waals surface area (Å²) in [5, 5.41) is 11.2. The summed E-state index contributed by atoms with van der Waals surface area (Å²) >= 11 is 0. The van der Waals surface area contributed by atoms with Crippen molar-refractivity contribution in [2.24, 2.45) is 0 Å². The number of carbonyl (C=O) groups is 1. The van der Waals surface area contributed by atoms with Crippen LogP contribution in [0.4, 0.5) is 5.69 Å². The average Bonchev–Trinajstić information content (AvgIpc) is 3.02. The molecule has 0 radical (unpaired) electrons. The maximum Gasteiger partial charge on any atom is 0.255 e. The number of nitrogens with zero attached hydrogens (tertiary/aromatic N) is 4. The summed E-state index contributed by atoms with van der Waals surface area (Å²) in [6.07, 6.45) is 0. The van der Waals surface area contributed by atoms with Crippen molar-refractivity contribution in [3.05, 3.63) is 48.0 Å². The molecule has 1 N–H and O–H groups in total. The molecule has 0 atom stereocenters. The zero-order valence-corrected chi connectivity index (χ0v) is 14.6. The van der Waals surface area contributed by atoms with Crippen LogP contribution in [-0.2, 0) is 6.54 Å². The van der Waals surface area contributed by atoms with Crippen LogP contribution in [0.25, 0.3) is 11.0 Å². The summed E-state index contributed by atoms with van der Waals surface area (Å²) < 4.78 is 6.96. The number of benzene rings is 2. The smallest absolute Gasteiger partial charge is 0.255 e. The van der Waals surface area contributed by atoms with Crippen LogP contribution in [0.15, 0.2) is 42.5 Å². The highest BCUT2D eigenvalue weighted by Gasteiger charge is 2.11. The van der Waals surface area contributed by atoms with Gasteiger partial charge in [-0.15, -0.1) is 5.10 Å². The Morgan fingerprint density at radius 1 is 1.20 bits per heavy atom. The van der Waals surface area contributed by atoms with Gasteiger partial charge in [0.2, 0.25) is 0 Å². The Hall–Kier alpha value is -2.93. The maximum atomic E-state index is 12.4. The van der Waals surface area contributed by atoms with Crippen molar-refractivity contribution in [3.8, 4) is 5.75 Å². The van der Waals surface area contributed by atoms with Crippen molar-refractivity contribution < 1.29 is 9.53 Å². The minimum atomic E-state index is -0.185. The summed E-state index contributed by atoms with van der Waals surface area (Å²) in [5.41, 5.74) is 2.88. The molecule has 130 valence electrons. The second-order valence-corrected chi connectivity index (χ2v) is 6.00. The molecule has 1 heterocycles. The van der Waals surface area contributed by atoms with Crippen LogP contribution < -0.4 is 10.1 Å². The monoisotopic (exact) mass is 339 g/mol. The van der Waals surface area contributed by atoms with Crippen molar-refractivity contribution in [1.29, 1.82) is 0 Å². The van der Waals surface area contributed by atoms with Gasteiger partial charge >= 0.3 is 0 Å². The van der Waals surface area contributed by atoms with E-state index in [1.165, 1.54) is 0 Å². The lowest BCUT2D eigenvalue weighted by atomic mass is 10.1. The van der Waals surface area contributed by atoms with Gasteiger partial charge in [0.05, 0.1) is 19.2 Å². The van der Waals surface area contributed by atoms with Crippen LogP contribution in [0.1, 0.15) is 10.4 Å². The predicted molar refractivity (Wildman–Crippen MR) is 97.0 cm³/mol. The van der Waals surface area contributed by atoms with Crippen molar-refractivity contribution >= 4 is 22.6 Å². The third-order valence-corrected chi connectivity index (χ3v) is 3.88. The molecule has 0 saturated heterocycles. The molecule has 7 nitrogen and oxygen atoms in total. The highest BCUT2D eigenvalue weighted by atomic mass is 16.5. The largest absolute Gasteiger partial charge is 0.497 e. The van der Waals surface area contributed by atoms with Crippen molar-refractivity contribution in [2.75, 3.05) is 33.1 Å². The van der Waals surface area contributed by atoms with Crippen LogP contribution in [0, 0.1) is 0 Å². The van der Waals surface area contributed by atoms with Gasteiger partial charge in [0.25, 0.3) is 5.91 Å². The Morgan fingerprint density at radius 2 is 1.96 bits per heavy atom. The normalized spacial score (nSPS) is 11.0. The Morgan fingerprint density at radius 3 is 2.64 bits per heavy atom. The van der Waals surface area contributed by atoms with E-state index in [1.807, 2.05) is 24.8 Å². The SMILES string of the molecule is COc1ccc(NC(=O)c2ccc3c(c2)nnn3CCN(C)C)cc1. The van der Waals surface area contributed by atoms with Crippen molar-refractivity contribution in [2.45, 2.75) is 6.54 Å². The third-order valence-electron chi connectivity index (χ3n) is 3.88. The van der Waals surface area contributed by atoms with Gasteiger partial charge in [0.15, 0.2) is 0 Å². The van der Waals surface area contributed by atoms with E-state index in [0.29, 0.717) is 16.8 Å². The van der Waals surface area contributed by atoms with Gasteiger partial charge in [-0.25, -0.2) is 4.68 Å². The average molecular weight is 339 g/mol. The molecule has 0 saturated carbocycles. The number of hydrogen-bond acceptors (Lipinski definition) is 5. The molecule has 2 aromatic carbocycles. The molecule has 0 aliphatic rings. The first-order valence-electron chi connectivity index (χ1n) is 8.00. The van der Waals surface area contributed by atoms with Crippen LogP contribution in [0.3, 0.4) is 0 Å². The molecule has 3 aromatic rings. The van der Waals surface area contributed by atoms with Gasteiger partial charge in [0, 0.05) is 17.8 Å². The Labute approximate surface area is 146 Å². The predicted octanol–water partition coefficient (Wildman–Crippen LogP) is 2.25. The number of carbonyl (C=O) groups excluding carboxylic acids is 1. The Kier molecular flexibility index (Phi) is 4.95. The van der Waals surface area contributed by atoms with Gasteiger partial charge in [-0.3, -0.25) is 4.79 Å². The van der Waals surface area contributed by atoms with Gasteiger partial charge in [-0.2, -0.15) is 0 Å². The molecule has 1 amide bonds. The summed E-state index contributed by atoms with van der Waals surface area (Å²) in [7, 11) is 5.63. The molecule has 25 heavy (non-hydrogen) atoms. The number of ether oxygens (including phenoxy) is 1. The second-order valence-electron chi connectivity index (χ2n) is 6.00. The van der Waals surface area contributed by atoms with Crippen molar-refractivity contribution in [1.82, 2.24) is 19.9 Å². The topological polar surface area (TPSA) is 72.3 Å². The minimum absolute atomic E-state index is 0.185. The van der Waals surface area contributed by atoms with Crippen molar-refractivity contribution in [3.63, 3.8) is 0 Å². The highest BCUT2D eigenvalue weighted by molar-refractivity contribution is 6.05. The van der Waals surface area contributed by atoms with Crippen LogP contribution in [0.5, 0.6) is 5.75 Å². The number of amides is 1. The lowest BCUT2D eigenvalue weighted by Gasteiger charge is -2.09. The Balaban J connectivity index is 1.75. The Bertz CT molecular complexity index is 871. The molecule has 0 spiro atoms. The number of rotatable bonds is 6. The zero-order chi connectivity index (χ0) is 17.8. The van der Waals surface area contributed by atoms with E-state index in [9.17, 15) is 4.79 Å². The van der Waals surface area contributed by atoms with Crippen LogP contribution >= 0.6 is 0 Å². The second kappa shape index (κ2) is 7.31. The van der Waals surface area contributed by atoms with Gasteiger partial charge in [-0.05, 0) is 56.6 Å². The lowest BCUT2D eigenvalue weighted by molar-refractivity contribution is 0.102. The molecule has 1 aromatic heterocycles. The first-order valence-corrected chi connectivity index (χ1v) is 8.00. The lowest BCUT2D eigenvalue weighted by Crippen LogP contribution is -2.19. The zero-order valence-electron chi connectivity index (χ0n) is 14.6. The quantitative estimate of drug-likeness (QED) is 0.746. The highest BCUT2D eigenvalue weighted by Crippen LogP contribution is 2.18. The van der Waals surface area contributed by atoms with Gasteiger partial charge in [0.1, 0.15) is 11.3 Å². The van der Waals surface area contributed by atoms with E-state index in [0.717, 1.165) is 24.4 Å². The number of nitrogens with one attached hydrogen (secondary N) is 1. The van der Waals surface area contributed by atoms with Crippen LogP contribution in [0.2, 0.25) is 0 Å². The molecule has 3 rings (SSSR count). The van der Waals surface area contributed by atoms with E-state index in [-0.39, 0.29) is 5.91 Å². The minimum Gasteiger partial charge on any atom is -0.497 e. The van der Waals surface area contributed by atoms with E-state index in [1.54, 1.807) is 43.5 Å². The molecule has 7 heteroatoms. The third kappa shape index (κ3) is 3.95. The number of hydrogen-bond donors (Lipinski definition) is 1. The fraction of sp³-hybridized carbons (Fsp3) is 0.278. The van der Waals surface area contributed by atoms with Gasteiger partial charge in [-0.1, -0.05) is 5.21 Å². The first kappa shape index (κ1) is 16.9. The fourth-order valence-electron chi connectivity index (χ4n) is 2.45. The number of aromatic nitrogens is 3. The first-order chi connectivity index (χ1) is 12.1. The van der Waals surface area contributed by atoms with Crippen LogP contribution in [-0.4, -0.2) is 53.6 Å². The molecule has 0 fully saturated rings. The summed E-state index contributed by atoms with van der Waals surface area (Å²) in [6, 6.07) is 12.6. The van der Waals surface area contributed by atoms with E-state index in [4.69, 9.17) is 4.74 Å². The number of methoxy groups -OCH3 is 1. The fourth-order valence-corrected chi connectivity index (χ4v) is 2.45. The van der Waals surface area contributed by atoms with Gasteiger partial charge < -0.3 is 15.0 Å². The summed E-state index contributed by atoms with van der Waals surface area (Å²) in [6.45, 7) is 1.62. The molecule has 0 bridgehead atoms. The standard InChI is InChI=1S/C18H21N5O2/c1-22(2)10-11-23-17-9-4-13(12-16(17)20-21-23)18(24)19-14-5-7-15(25-3)8-6-14/h4-9,12H,10-11H2,1-3H3,(H,19,24). The number of anilines is 1. The maximum absolute atomic E-state index is 12.4. The van der Waals surface area contributed by atoms with E-state index < -0.39 is 0 Å². The molecular weight excluding hydrogens is 318 g/mol. The summed E-state index contributed by atoms with van der Waals surface area (Å²) in [4.78, 5) is 14.5. The number of likely N-dealkylation sites (N-methyl/N-ethyl adjacent to an activating group) is 1. The molecule has 0 aliphatic heterocycles. The molecule has 0 aliphatic carbocycles. The number of fused-ring (bicyclic) bond motifs is 1.